The van der Waals surface area contributed by atoms with E-state index in [1.54, 1.807) is 24.3 Å². The van der Waals surface area contributed by atoms with Crippen molar-refractivity contribution in [3.63, 3.8) is 0 Å². The molecule has 0 atom stereocenters. The van der Waals surface area contributed by atoms with Gasteiger partial charge in [-0.1, -0.05) is 24.3 Å². The first-order valence-corrected chi connectivity index (χ1v) is 5.74. The molecule has 0 spiro atoms. The first-order valence-electron chi connectivity index (χ1n) is 4.92. The molecule has 0 aliphatic rings. The van der Waals surface area contributed by atoms with Gasteiger partial charge in [-0.05, 0) is 19.1 Å². The fourth-order valence-corrected chi connectivity index (χ4v) is 2.47. The number of carbonyl (C=O) groups is 1. The summed E-state index contributed by atoms with van der Waals surface area (Å²) in [6.45, 7) is 1.77. The highest BCUT2D eigenvalue weighted by molar-refractivity contribution is 7.17. The minimum atomic E-state index is 0.555. The number of aldehydes is 1. The summed E-state index contributed by atoms with van der Waals surface area (Å²) >= 11 is 1.54. The molecule has 2 nitrogen and oxygen atoms in total. The van der Waals surface area contributed by atoms with Gasteiger partial charge in [0.25, 0.3) is 0 Å². The molecule has 0 saturated carbocycles. The molecule has 0 saturated heterocycles. The van der Waals surface area contributed by atoms with Gasteiger partial charge in [0.2, 0.25) is 0 Å². The van der Waals surface area contributed by atoms with Crippen LogP contribution in [0.2, 0.25) is 0 Å². The SMILES string of the molecule is CC(=N)c1ccc(-c2ccccc2C=O)s1. The van der Waals surface area contributed by atoms with E-state index in [1.807, 2.05) is 30.3 Å². The first kappa shape index (κ1) is 10.8. The summed E-state index contributed by atoms with van der Waals surface area (Å²) in [5.74, 6) is 0. The van der Waals surface area contributed by atoms with Gasteiger partial charge in [-0.15, -0.1) is 11.3 Å². The Bertz CT molecular complexity index is 542. The summed E-state index contributed by atoms with van der Waals surface area (Å²) < 4.78 is 0. The molecular formula is C13H11NOS. The van der Waals surface area contributed by atoms with Crippen molar-refractivity contribution in [2.45, 2.75) is 6.92 Å². The van der Waals surface area contributed by atoms with Crippen molar-refractivity contribution in [1.82, 2.24) is 0 Å². The Balaban J connectivity index is 2.50. The molecule has 1 aromatic carbocycles. The standard InChI is InChI=1S/C13H11NOS/c1-9(14)12-6-7-13(16-12)11-5-3-2-4-10(11)8-15/h2-8,14H,1H3. The van der Waals surface area contributed by atoms with Crippen molar-refractivity contribution in [2.24, 2.45) is 0 Å². The summed E-state index contributed by atoms with van der Waals surface area (Å²) in [6.07, 6.45) is 0.867. The maximum absolute atomic E-state index is 10.9. The van der Waals surface area contributed by atoms with Gasteiger partial charge in [0.1, 0.15) is 0 Å². The Hall–Kier alpha value is -1.74. The van der Waals surface area contributed by atoms with Crippen molar-refractivity contribution >= 4 is 23.3 Å². The van der Waals surface area contributed by atoms with Crippen LogP contribution < -0.4 is 0 Å². The average molecular weight is 229 g/mol. The van der Waals surface area contributed by atoms with Crippen LogP contribution in [0.4, 0.5) is 0 Å². The van der Waals surface area contributed by atoms with Gasteiger partial charge < -0.3 is 5.41 Å². The maximum Gasteiger partial charge on any atom is 0.150 e. The third-order valence-electron chi connectivity index (χ3n) is 2.33. The minimum absolute atomic E-state index is 0.555. The molecule has 0 bridgehead atoms. The molecule has 0 radical (unpaired) electrons. The van der Waals surface area contributed by atoms with E-state index in [2.05, 4.69) is 0 Å². The van der Waals surface area contributed by atoms with Crippen LogP contribution in [0.1, 0.15) is 22.2 Å². The largest absolute Gasteiger partial charge is 0.304 e. The highest BCUT2D eigenvalue weighted by atomic mass is 32.1. The van der Waals surface area contributed by atoms with E-state index in [0.29, 0.717) is 11.3 Å². The molecule has 1 heterocycles. The van der Waals surface area contributed by atoms with E-state index >= 15 is 0 Å². The minimum Gasteiger partial charge on any atom is -0.304 e. The van der Waals surface area contributed by atoms with Gasteiger partial charge in [0.15, 0.2) is 6.29 Å². The quantitative estimate of drug-likeness (QED) is 0.634. The normalized spacial score (nSPS) is 10.1. The van der Waals surface area contributed by atoms with Gasteiger partial charge in [0, 0.05) is 26.6 Å². The molecular weight excluding hydrogens is 218 g/mol. The van der Waals surface area contributed by atoms with Crippen LogP contribution in [-0.2, 0) is 0 Å². The fraction of sp³-hybridized carbons (Fsp3) is 0.0769. The number of hydrogen-bond acceptors (Lipinski definition) is 3. The van der Waals surface area contributed by atoms with Crippen LogP contribution in [0.25, 0.3) is 10.4 Å². The van der Waals surface area contributed by atoms with Crippen molar-refractivity contribution in [1.29, 1.82) is 5.41 Å². The lowest BCUT2D eigenvalue weighted by atomic mass is 10.1. The smallest absolute Gasteiger partial charge is 0.150 e. The Kier molecular flexibility index (Phi) is 2.97. The average Bonchev–Trinajstić information content (AvgIpc) is 2.78. The van der Waals surface area contributed by atoms with Crippen LogP contribution in [0.5, 0.6) is 0 Å². The van der Waals surface area contributed by atoms with Crippen LogP contribution in [0.3, 0.4) is 0 Å². The Morgan fingerprint density at radius 1 is 1.25 bits per heavy atom. The summed E-state index contributed by atoms with van der Waals surface area (Å²) in [7, 11) is 0. The lowest BCUT2D eigenvalue weighted by Crippen LogP contribution is -1.84. The monoisotopic (exact) mass is 229 g/mol. The number of thiophene rings is 1. The van der Waals surface area contributed by atoms with Crippen LogP contribution in [0, 0.1) is 5.41 Å². The fourth-order valence-electron chi connectivity index (χ4n) is 1.51. The zero-order valence-electron chi connectivity index (χ0n) is 8.86. The first-order chi connectivity index (χ1) is 7.72. The zero-order valence-corrected chi connectivity index (χ0v) is 9.67. The van der Waals surface area contributed by atoms with Gasteiger partial charge in [0.05, 0.1) is 0 Å². The van der Waals surface area contributed by atoms with E-state index < -0.39 is 0 Å². The summed E-state index contributed by atoms with van der Waals surface area (Å²) in [5.41, 5.74) is 2.19. The molecule has 0 aliphatic carbocycles. The second-order valence-corrected chi connectivity index (χ2v) is 4.58. The van der Waals surface area contributed by atoms with Crippen molar-refractivity contribution in [3.8, 4) is 10.4 Å². The molecule has 80 valence electrons. The van der Waals surface area contributed by atoms with Crippen molar-refractivity contribution in [3.05, 3.63) is 46.8 Å². The molecule has 0 fully saturated rings. The molecule has 0 unspecified atom stereocenters. The maximum atomic E-state index is 10.9. The summed E-state index contributed by atoms with van der Waals surface area (Å²) in [4.78, 5) is 12.9. The van der Waals surface area contributed by atoms with Crippen LogP contribution in [0.15, 0.2) is 36.4 Å². The molecule has 1 aromatic heterocycles. The highest BCUT2D eigenvalue weighted by Crippen LogP contribution is 2.30. The third-order valence-corrected chi connectivity index (χ3v) is 3.57. The van der Waals surface area contributed by atoms with E-state index in [9.17, 15) is 4.79 Å². The molecule has 2 aromatic rings. The van der Waals surface area contributed by atoms with E-state index in [-0.39, 0.29) is 0 Å². The molecule has 2 rings (SSSR count). The Labute approximate surface area is 98.1 Å². The van der Waals surface area contributed by atoms with Crippen LogP contribution >= 0.6 is 11.3 Å². The highest BCUT2D eigenvalue weighted by Gasteiger charge is 2.07. The van der Waals surface area contributed by atoms with Crippen molar-refractivity contribution in [2.75, 3.05) is 0 Å². The molecule has 16 heavy (non-hydrogen) atoms. The molecule has 3 heteroatoms. The number of nitrogens with one attached hydrogen (secondary N) is 1. The Morgan fingerprint density at radius 3 is 2.62 bits per heavy atom. The van der Waals surface area contributed by atoms with Gasteiger partial charge >= 0.3 is 0 Å². The van der Waals surface area contributed by atoms with Gasteiger partial charge in [-0.25, -0.2) is 0 Å². The van der Waals surface area contributed by atoms with Gasteiger partial charge in [-0.3, -0.25) is 4.79 Å². The second kappa shape index (κ2) is 4.41. The zero-order chi connectivity index (χ0) is 11.5. The number of carbonyl (C=O) groups excluding carboxylic acids is 1. The number of benzene rings is 1. The molecule has 0 aliphatic heterocycles. The van der Waals surface area contributed by atoms with Gasteiger partial charge in [-0.2, -0.15) is 0 Å². The third kappa shape index (κ3) is 1.95. The molecule has 0 amide bonds. The summed E-state index contributed by atoms with van der Waals surface area (Å²) in [5, 5.41) is 7.55. The Morgan fingerprint density at radius 2 is 2.00 bits per heavy atom. The van der Waals surface area contributed by atoms with Crippen molar-refractivity contribution < 1.29 is 4.79 Å². The summed E-state index contributed by atoms with van der Waals surface area (Å²) in [6, 6.07) is 11.4. The van der Waals surface area contributed by atoms with E-state index in [1.165, 1.54) is 0 Å². The van der Waals surface area contributed by atoms with Crippen LogP contribution in [-0.4, -0.2) is 12.0 Å². The second-order valence-electron chi connectivity index (χ2n) is 3.49. The predicted molar refractivity (Wildman–Crippen MR) is 67.6 cm³/mol. The number of hydrogen-bond donors (Lipinski definition) is 1. The van der Waals surface area contributed by atoms with E-state index in [0.717, 1.165) is 21.6 Å². The lowest BCUT2D eigenvalue weighted by molar-refractivity contribution is 0.112. The predicted octanol–water partition coefficient (Wildman–Crippen LogP) is 3.62. The number of rotatable bonds is 3. The topological polar surface area (TPSA) is 40.9 Å². The van der Waals surface area contributed by atoms with E-state index in [4.69, 9.17) is 5.41 Å². The molecule has 1 N–H and O–H groups in total. The lowest BCUT2D eigenvalue weighted by Gasteiger charge is -2.00.